The lowest BCUT2D eigenvalue weighted by atomic mass is 10.1. The number of thiazole rings is 1. The summed E-state index contributed by atoms with van der Waals surface area (Å²) >= 11 is 1.06. The second-order valence-electron chi connectivity index (χ2n) is 4.21. The number of nitrogens with two attached hydrogens (primary N) is 1. The van der Waals surface area contributed by atoms with Gasteiger partial charge in [0.25, 0.3) is 5.19 Å². The molecule has 19 heavy (non-hydrogen) atoms. The molecule has 0 aromatic carbocycles. The van der Waals surface area contributed by atoms with Gasteiger partial charge in [0.05, 0.1) is 11.0 Å². The van der Waals surface area contributed by atoms with Gasteiger partial charge in [0, 0.05) is 16.3 Å². The van der Waals surface area contributed by atoms with Crippen LogP contribution in [0.3, 0.4) is 0 Å². The molecule has 0 fully saturated rings. The van der Waals surface area contributed by atoms with Crippen molar-refractivity contribution in [1.82, 2.24) is 4.98 Å². The molecule has 0 aliphatic rings. The fourth-order valence-corrected chi connectivity index (χ4v) is 2.72. The molecule has 4 nitrogen and oxygen atoms in total. The molecule has 110 valence electrons. The van der Waals surface area contributed by atoms with Crippen molar-refractivity contribution in [2.75, 3.05) is 6.61 Å². The molecule has 0 spiro atoms. The lowest BCUT2D eigenvalue weighted by Gasteiger charge is -2.12. The Bertz CT molecular complexity index is 437. The molecule has 2 N–H and O–H groups in total. The molecular formula is C10H15F3N2O2S2. The molecule has 0 saturated carbocycles. The Labute approximate surface area is 115 Å². The van der Waals surface area contributed by atoms with Crippen LogP contribution in [0.15, 0.2) is 6.20 Å². The van der Waals surface area contributed by atoms with Crippen LogP contribution in [0.1, 0.15) is 31.1 Å². The van der Waals surface area contributed by atoms with E-state index in [0.29, 0.717) is 6.42 Å². The quantitative estimate of drug-likeness (QED) is 0.877. The normalized spacial score (nSPS) is 16.9. The van der Waals surface area contributed by atoms with Gasteiger partial charge >= 0.3 is 6.18 Å². The smallest absolute Gasteiger partial charge is 0.422 e. The molecule has 1 heterocycles. The molecule has 0 amide bonds. The Morgan fingerprint density at radius 1 is 1.53 bits per heavy atom. The van der Waals surface area contributed by atoms with Gasteiger partial charge in [-0.15, -0.1) is 0 Å². The van der Waals surface area contributed by atoms with Crippen molar-refractivity contribution in [2.24, 2.45) is 5.14 Å². The zero-order valence-corrected chi connectivity index (χ0v) is 12.1. The van der Waals surface area contributed by atoms with E-state index < -0.39 is 23.8 Å². The monoisotopic (exact) mass is 316 g/mol. The summed E-state index contributed by atoms with van der Waals surface area (Å²) in [5.41, 5.74) is 0. The van der Waals surface area contributed by atoms with Crippen LogP contribution in [-0.4, -0.2) is 27.2 Å². The molecule has 9 heteroatoms. The summed E-state index contributed by atoms with van der Waals surface area (Å²) in [5.74, 6) is 0.0169. The SMILES string of the molecule is CC(C[C@@H](C)c1cnc(OCC(F)(F)F)s1)S(N)=O. The summed E-state index contributed by atoms with van der Waals surface area (Å²) < 4.78 is 51.5. The van der Waals surface area contributed by atoms with Gasteiger partial charge in [-0.3, -0.25) is 5.14 Å². The molecule has 0 saturated heterocycles. The van der Waals surface area contributed by atoms with Gasteiger partial charge in [-0.05, 0) is 19.3 Å². The van der Waals surface area contributed by atoms with Crippen molar-refractivity contribution in [3.8, 4) is 5.19 Å². The van der Waals surface area contributed by atoms with Crippen molar-refractivity contribution in [2.45, 2.75) is 37.6 Å². The van der Waals surface area contributed by atoms with E-state index in [1.54, 1.807) is 6.92 Å². The lowest BCUT2D eigenvalue weighted by Crippen LogP contribution is -2.20. The predicted molar refractivity (Wildman–Crippen MR) is 68.5 cm³/mol. The average molecular weight is 316 g/mol. The Morgan fingerprint density at radius 2 is 2.16 bits per heavy atom. The number of hydrogen-bond acceptors (Lipinski definition) is 4. The Kier molecular flexibility index (Phi) is 5.75. The molecule has 3 atom stereocenters. The van der Waals surface area contributed by atoms with Crippen LogP contribution < -0.4 is 9.88 Å². The highest BCUT2D eigenvalue weighted by Crippen LogP contribution is 2.31. The third kappa shape index (κ3) is 5.87. The molecule has 1 aromatic rings. The summed E-state index contributed by atoms with van der Waals surface area (Å²) in [5, 5.41) is 5.08. The third-order valence-corrected chi connectivity index (χ3v) is 4.56. The van der Waals surface area contributed by atoms with E-state index in [0.717, 1.165) is 16.2 Å². The van der Waals surface area contributed by atoms with Gasteiger partial charge in [-0.2, -0.15) is 13.2 Å². The number of alkyl halides is 3. The van der Waals surface area contributed by atoms with Crippen molar-refractivity contribution >= 4 is 22.3 Å². The van der Waals surface area contributed by atoms with Crippen LogP contribution in [0.5, 0.6) is 5.19 Å². The number of aromatic nitrogens is 1. The number of halogens is 3. The second kappa shape index (κ2) is 6.67. The maximum atomic E-state index is 12.0. The Balaban J connectivity index is 2.56. The number of nitrogens with zero attached hydrogens (tertiary/aromatic N) is 1. The van der Waals surface area contributed by atoms with Crippen LogP contribution in [0.2, 0.25) is 0 Å². The molecule has 0 aliphatic carbocycles. The van der Waals surface area contributed by atoms with E-state index in [-0.39, 0.29) is 16.4 Å². The van der Waals surface area contributed by atoms with Gasteiger partial charge < -0.3 is 4.74 Å². The van der Waals surface area contributed by atoms with E-state index in [2.05, 4.69) is 9.72 Å². The van der Waals surface area contributed by atoms with Crippen LogP contribution in [0.4, 0.5) is 13.2 Å². The third-order valence-electron chi connectivity index (χ3n) is 2.43. The second-order valence-corrected chi connectivity index (χ2v) is 6.69. The van der Waals surface area contributed by atoms with Crippen molar-refractivity contribution in [1.29, 1.82) is 0 Å². The lowest BCUT2D eigenvalue weighted by molar-refractivity contribution is -0.153. The van der Waals surface area contributed by atoms with Gasteiger partial charge in [0.1, 0.15) is 0 Å². The van der Waals surface area contributed by atoms with E-state index in [1.807, 2.05) is 6.92 Å². The van der Waals surface area contributed by atoms with Gasteiger partial charge in [0.2, 0.25) is 0 Å². The molecule has 1 rings (SSSR count). The Hall–Kier alpha value is -0.670. The fraction of sp³-hybridized carbons (Fsp3) is 0.700. The van der Waals surface area contributed by atoms with E-state index in [4.69, 9.17) is 5.14 Å². The standard InChI is InChI=1S/C10H15F3N2O2S2/c1-6(3-7(2)19(14)16)8-4-15-9(18-8)17-5-10(11,12)13/h4,6-7H,3,5,14H2,1-2H3/t6-,7?,19?/m1/s1. The first-order chi connectivity index (χ1) is 8.69. The molecule has 0 aliphatic heterocycles. The van der Waals surface area contributed by atoms with Crippen LogP contribution >= 0.6 is 11.3 Å². The summed E-state index contributed by atoms with van der Waals surface area (Å²) in [4.78, 5) is 4.57. The number of ether oxygens (including phenoxy) is 1. The predicted octanol–water partition coefficient (Wildman–Crippen LogP) is 2.59. The summed E-state index contributed by atoms with van der Waals surface area (Å²) in [6, 6.07) is 0. The highest BCUT2D eigenvalue weighted by Gasteiger charge is 2.29. The summed E-state index contributed by atoms with van der Waals surface area (Å²) in [6.07, 6.45) is -2.32. The zero-order valence-electron chi connectivity index (χ0n) is 10.4. The number of rotatable bonds is 6. The molecule has 1 aromatic heterocycles. The molecular weight excluding hydrogens is 301 g/mol. The Morgan fingerprint density at radius 3 is 2.68 bits per heavy atom. The number of hydrogen-bond donors (Lipinski definition) is 1. The maximum absolute atomic E-state index is 12.0. The molecule has 0 radical (unpaired) electrons. The van der Waals surface area contributed by atoms with Gasteiger partial charge in [0.15, 0.2) is 6.61 Å². The minimum absolute atomic E-state index is 0.0132. The van der Waals surface area contributed by atoms with E-state index >= 15 is 0 Å². The topological polar surface area (TPSA) is 65.2 Å². The van der Waals surface area contributed by atoms with Gasteiger partial charge in [-0.1, -0.05) is 18.3 Å². The maximum Gasteiger partial charge on any atom is 0.422 e. The first-order valence-corrected chi connectivity index (χ1v) is 7.58. The highest BCUT2D eigenvalue weighted by molar-refractivity contribution is 7.83. The summed E-state index contributed by atoms with van der Waals surface area (Å²) in [6.45, 7) is 2.29. The van der Waals surface area contributed by atoms with Crippen molar-refractivity contribution in [3.63, 3.8) is 0 Å². The van der Waals surface area contributed by atoms with Crippen molar-refractivity contribution < 1.29 is 22.1 Å². The first-order valence-electron chi connectivity index (χ1n) is 5.49. The van der Waals surface area contributed by atoms with Crippen molar-refractivity contribution in [3.05, 3.63) is 11.1 Å². The van der Waals surface area contributed by atoms with E-state index in [1.165, 1.54) is 6.20 Å². The fourth-order valence-electron chi connectivity index (χ4n) is 1.42. The van der Waals surface area contributed by atoms with Crippen LogP contribution in [0.25, 0.3) is 0 Å². The highest BCUT2D eigenvalue weighted by atomic mass is 32.2. The molecule has 0 bridgehead atoms. The van der Waals surface area contributed by atoms with E-state index in [9.17, 15) is 17.4 Å². The largest absolute Gasteiger partial charge is 0.460 e. The minimum atomic E-state index is -4.37. The zero-order chi connectivity index (χ0) is 14.6. The minimum Gasteiger partial charge on any atom is -0.460 e. The summed E-state index contributed by atoms with van der Waals surface area (Å²) in [7, 11) is -1.41. The van der Waals surface area contributed by atoms with Gasteiger partial charge in [-0.25, -0.2) is 9.19 Å². The first kappa shape index (κ1) is 16.4. The average Bonchev–Trinajstić information content (AvgIpc) is 2.73. The van der Waals surface area contributed by atoms with Crippen LogP contribution in [0, 0.1) is 0 Å². The molecule has 2 unspecified atom stereocenters. The van der Waals surface area contributed by atoms with Crippen LogP contribution in [-0.2, 0) is 11.0 Å².